The van der Waals surface area contributed by atoms with Crippen molar-refractivity contribution in [3.05, 3.63) is 27.9 Å². The lowest BCUT2D eigenvalue weighted by Gasteiger charge is -2.08. The van der Waals surface area contributed by atoms with Gasteiger partial charge in [-0.2, -0.15) is 5.26 Å². The van der Waals surface area contributed by atoms with Crippen molar-refractivity contribution >= 4 is 11.5 Å². The number of nitriles is 1. The number of nitro groups is 1. The van der Waals surface area contributed by atoms with Crippen LogP contribution in [0.4, 0.5) is 11.5 Å². The zero-order valence-corrected chi connectivity index (χ0v) is 10.2. The molecule has 1 N–H and O–H groups in total. The Kier molecular flexibility index (Phi) is 5.02. The summed E-state index contributed by atoms with van der Waals surface area (Å²) in [6, 6.07) is 4.43. The van der Waals surface area contributed by atoms with Crippen LogP contribution in [0.15, 0.2) is 12.1 Å². The molecule has 0 atom stereocenters. The lowest BCUT2D eigenvalue weighted by atomic mass is 10.3. The summed E-state index contributed by atoms with van der Waals surface area (Å²) in [7, 11) is 0. The minimum absolute atomic E-state index is 0.145. The van der Waals surface area contributed by atoms with Crippen molar-refractivity contribution in [1.82, 2.24) is 4.98 Å². The predicted molar refractivity (Wildman–Crippen MR) is 65.2 cm³/mol. The van der Waals surface area contributed by atoms with E-state index in [2.05, 4.69) is 10.3 Å². The largest absolute Gasteiger partial charge is 0.377 e. The van der Waals surface area contributed by atoms with E-state index in [0.717, 1.165) is 0 Å². The van der Waals surface area contributed by atoms with Gasteiger partial charge < -0.3 is 10.1 Å². The van der Waals surface area contributed by atoms with E-state index in [1.807, 2.05) is 13.8 Å². The zero-order valence-electron chi connectivity index (χ0n) is 10.2. The molecule has 0 saturated heterocycles. The number of hydrogen-bond donors (Lipinski definition) is 1. The van der Waals surface area contributed by atoms with Crippen LogP contribution >= 0.6 is 0 Å². The number of nitrogens with one attached hydrogen (secondary N) is 1. The summed E-state index contributed by atoms with van der Waals surface area (Å²) in [5.74, 6) is 0.421. The van der Waals surface area contributed by atoms with Gasteiger partial charge in [0.2, 0.25) is 5.69 Å². The Morgan fingerprint density at radius 2 is 2.33 bits per heavy atom. The number of rotatable bonds is 6. The van der Waals surface area contributed by atoms with E-state index in [1.54, 1.807) is 6.07 Å². The van der Waals surface area contributed by atoms with E-state index in [1.165, 1.54) is 12.1 Å². The van der Waals surface area contributed by atoms with Gasteiger partial charge in [0.25, 0.3) is 0 Å². The van der Waals surface area contributed by atoms with Crippen LogP contribution in [0, 0.1) is 21.4 Å². The van der Waals surface area contributed by atoms with Crippen molar-refractivity contribution in [3.8, 4) is 6.07 Å². The summed E-state index contributed by atoms with van der Waals surface area (Å²) in [4.78, 5) is 13.8. The highest BCUT2D eigenvalue weighted by atomic mass is 16.6. The van der Waals surface area contributed by atoms with Crippen molar-refractivity contribution < 1.29 is 9.66 Å². The van der Waals surface area contributed by atoms with E-state index >= 15 is 0 Å². The highest BCUT2D eigenvalue weighted by Gasteiger charge is 2.15. The average molecular weight is 250 g/mol. The Morgan fingerprint density at radius 1 is 1.61 bits per heavy atom. The van der Waals surface area contributed by atoms with Crippen LogP contribution in [0.25, 0.3) is 0 Å². The molecule has 1 rings (SSSR count). The van der Waals surface area contributed by atoms with Crippen LogP contribution in [0.3, 0.4) is 0 Å². The van der Waals surface area contributed by atoms with Crippen LogP contribution in [0.5, 0.6) is 0 Å². The number of aromatic nitrogens is 1. The van der Waals surface area contributed by atoms with Crippen LogP contribution in [-0.4, -0.2) is 29.2 Å². The van der Waals surface area contributed by atoms with E-state index < -0.39 is 4.92 Å². The third-order valence-electron chi connectivity index (χ3n) is 2.04. The van der Waals surface area contributed by atoms with Crippen LogP contribution in [0.2, 0.25) is 0 Å². The molecular weight excluding hydrogens is 236 g/mol. The normalized spacial score (nSPS) is 10.1. The van der Waals surface area contributed by atoms with Crippen LogP contribution in [-0.2, 0) is 4.74 Å². The molecule has 0 aliphatic heterocycles. The molecule has 1 aromatic rings. The maximum atomic E-state index is 10.6. The summed E-state index contributed by atoms with van der Waals surface area (Å²) < 4.78 is 5.32. The molecular formula is C11H14N4O3. The van der Waals surface area contributed by atoms with Crippen molar-refractivity contribution in [2.24, 2.45) is 0 Å². The summed E-state index contributed by atoms with van der Waals surface area (Å²) in [6.07, 6.45) is 0.145. The molecule has 0 bridgehead atoms. The smallest absolute Gasteiger partial charge is 0.305 e. The molecule has 1 aromatic heterocycles. The van der Waals surface area contributed by atoms with Gasteiger partial charge >= 0.3 is 5.69 Å². The Morgan fingerprint density at radius 3 is 2.89 bits per heavy atom. The van der Waals surface area contributed by atoms with Crippen molar-refractivity contribution in [2.75, 3.05) is 18.5 Å². The third-order valence-corrected chi connectivity index (χ3v) is 2.04. The zero-order chi connectivity index (χ0) is 13.5. The van der Waals surface area contributed by atoms with Gasteiger partial charge in [-0.25, -0.2) is 4.98 Å². The SMILES string of the molecule is CC(C)OCCNc1ccc([N+](=O)[O-])c(C#N)n1. The first-order valence-electron chi connectivity index (χ1n) is 5.45. The van der Waals surface area contributed by atoms with Gasteiger partial charge in [-0.3, -0.25) is 10.1 Å². The fourth-order valence-corrected chi connectivity index (χ4v) is 1.25. The summed E-state index contributed by atoms with van der Waals surface area (Å²) in [5, 5.41) is 22.3. The van der Waals surface area contributed by atoms with E-state index in [-0.39, 0.29) is 17.5 Å². The maximum absolute atomic E-state index is 10.6. The molecule has 18 heavy (non-hydrogen) atoms. The second-order valence-corrected chi connectivity index (χ2v) is 3.78. The van der Waals surface area contributed by atoms with Crippen molar-refractivity contribution in [3.63, 3.8) is 0 Å². The summed E-state index contributed by atoms with van der Waals surface area (Å²) in [5.41, 5.74) is -0.490. The van der Waals surface area contributed by atoms with E-state index in [0.29, 0.717) is 19.0 Å². The molecule has 7 heteroatoms. The van der Waals surface area contributed by atoms with Gasteiger partial charge in [0.1, 0.15) is 11.9 Å². The van der Waals surface area contributed by atoms with Gasteiger partial charge in [-0.15, -0.1) is 0 Å². The van der Waals surface area contributed by atoms with E-state index in [9.17, 15) is 10.1 Å². The lowest BCUT2D eigenvalue weighted by Crippen LogP contribution is -2.14. The van der Waals surface area contributed by atoms with E-state index in [4.69, 9.17) is 10.00 Å². The topological polar surface area (TPSA) is 101 Å². The number of anilines is 1. The molecule has 7 nitrogen and oxygen atoms in total. The Labute approximate surface area is 105 Å². The maximum Gasteiger partial charge on any atom is 0.305 e. The minimum atomic E-state index is -0.628. The van der Waals surface area contributed by atoms with Crippen LogP contribution in [0.1, 0.15) is 19.5 Å². The molecule has 0 saturated carbocycles. The summed E-state index contributed by atoms with van der Waals surface area (Å²) in [6.45, 7) is 4.88. The molecule has 96 valence electrons. The standard InChI is InChI=1S/C11H14N4O3/c1-8(2)18-6-5-13-11-4-3-10(15(16)17)9(7-12)14-11/h3-4,8H,5-6H2,1-2H3,(H,13,14). The predicted octanol–water partition coefficient (Wildman–Crippen LogP) is 1.70. The van der Waals surface area contributed by atoms with Gasteiger partial charge in [0.05, 0.1) is 17.6 Å². The number of nitrogens with zero attached hydrogens (tertiary/aromatic N) is 3. The van der Waals surface area contributed by atoms with Gasteiger partial charge in [0, 0.05) is 12.6 Å². The first-order valence-corrected chi connectivity index (χ1v) is 5.45. The highest BCUT2D eigenvalue weighted by molar-refractivity contribution is 5.50. The summed E-state index contributed by atoms with van der Waals surface area (Å²) >= 11 is 0. The molecule has 0 unspecified atom stereocenters. The lowest BCUT2D eigenvalue weighted by molar-refractivity contribution is -0.385. The molecule has 0 aromatic carbocycles. The fourth-order valence-electron chi connectivity index (χ4n) is 1.25. The molecule has 0 spiro atoms. The molecule has 0 aliphatic rings. The minimum Gasteiger partial charge on any atom is -0.377 e. The second-order valence-electron chi connectivity index (χ2n) is 3.78. The Balaban J connectivity index is 2.63. The van der Waals surface area contributed by atoms with Gasteiger partial charge in [-0.05, 0) is 19.9 Å². The second kappa shape index (κ2) is 6.51. The number of pyridine rings is 1. The monoisotopic (exact) mass is 250 g/mol. The van der Waals surface area contributed by atoms with Crippen molar-refractivity contribution in [1.29, 1.82) is 5.26 Å². The number of ether oxygens (including phenoxy) is 1. The average Bonchev–Trinajstić information content (AvgIpc) is 2.33. The molecule has 0 radical (unpaired) electrons. The highest BCUT2D eigenvalue weighted by Crippen LogP contribution is 2.17. The molecule has 1 heterocycles. The van der Waals surface area contributed by atoms with Crippen molar-refractivity contribution in [2.45, 2.75) is 20.0 Å². The first kappa shape index (κ1) is 13.9. The fraction of sp³-hybridized carbons (Fsp3) is 0.455. The Hall–Kier alpha value is -2.20. The molecule has 0 aliphatic carbocycles. The first-order chi connectivity index (χ1) is 8.54. The molecule has 0 amide bonds. The van der Waals surface area contributed by atoms with Gasteiger partial charge in [-0.1, -0.05) is 0 Å². The Bertz CT molecular complexity index is 468. The number of hydrogen-bond acceptors (Lipinski definition) is 6. The quantitative estimate of drug-likeness (QED) is 0.468. The molecule has 0 fully saturated rings. The van der Waals surface area contributed by atoms with Crippen LogP contribution < -0.4 is 5.32 Å². The van der Waals surface area contributed by atoms with Gasteiger partial charge in [0.15, 0.2) is 0 Å². The third kappa shape index (κ3) is 3.99.